The number of nitrogens with one attached hydrogen (secondary N) is 2. The Balaban J connectivity index is 1.87. The molecule has 2 atom stereocenters. The number of urea groups is 1. The number of anilines is 1. The lowest BCUT2D eigenvalue weighted by Crippen LogP contribution is -2.41. The molecule has 164 valence electrons. The predicted molar refractivity (Wildman–Crippen MR) is 114 cm³/mol. The molecule has 2 aromatic carbocycles. The quantitative estimate of drug-likeness (QED) is 0.676. The summed E-state index contributed by atoms with van der Waals surface area (Å²) in [4.78, 5) is 36.9. The van der Waals surface area contributed by atoms with Crippen LogP contribution in [0.2, 0.25) is 0 Å². The number of carbonyl (C=O) groups excluding carboxylic acids is 3. The number of amides is 3. The van der Waals surface area contributed by atoms with Crippen molar-refractivity contribution in [3.63, 3.8) is 0 Å². The van der Waals surface area contributed by atoms with E-state index in [0.29, 0.717) is 23.2 Å². The van der Waals surface area contributed by atoms with Crippen molar-refractivity contribution in [2.45, 2.75) is 25.5 Å². The Morgan fingerprint density at radius 1 is 1.13 bits per heavy atom. The number of esters is 1. The maximum atomic E-state index is 12.8. The van der Waals surface area contributed by atoms with Crippen LogP contribution in [-0.2, 0) is 26.0 Å². The fourth-order valence-corrected chi connectivity index (χ4v) is 4.81. The third-order valence-electron chi connectivity index (χ3n) is 4.85. The van der Waals surface area contributed by atoms with Gasteiger partial charge in [0.2, 0.25) is 16.1 Å². The van der Waals surface area contributed by atoms with Crippen LogP contribution < -0.4 is 14.9 Å². The van der Waals surface area contributed by atoms with Gasteiger partial charge in [-0.1, -0.05) is 30.3 Å². The van der Waals surface area contributed by atoms with Crippen molar-refractivity contribution >= 4 is 33.6 Å². The van der Waals surface area contributed by atoms with E-state index >= 15 is 0 Å². The van der Waals surface area contributed by atoms with Crippen LogP contribution in [0.25, 0.3) is 0 Å². The van der Waals surface area contributed by atoms with Crippen LogP contribution in [0.3, 0.4) is 0 Å². The Morgan fingerprint density at radius 3 is 2.42 bits per heavy atom. The van der Waals surface area contributed by atoms with Gasteiger partial charge in [-0.05, 0) is 37.1 Å². The second-order valence-corrected chi connectivity index (χ2v) is 9.08. The highest BCUT2D eigenvalue weighted by atomic mass is 32.2. The number of ether oxygens (including phenoxy) is 1. The van der Waals surface area contributed by atoms with Gasteiger partial charge in [0.15, 0.2) is 0 Å². The molecule has 0 radical (unpaired) electrons. The first kappa shape index (κ1) is 22.3. The highest BCUT2D eigenvalue weighted by molar-refractivity contribution is 7.92. The molecule has 0 aromatic heterocycles. The van der Waals surface area contributed by atoms with Crippen molar-refractivity contribution in [3.05, 3.63) is 65.2 Å². The zero-order valence-electron chi connectivity index (χ0n) is 17.3. The summed E-state index contributed by atoms with van der Waals surface area (Å²) in [6.07, 6.45) is 0.240. The molecule has 0 fully saturated rings. The molecular weight excluding hydrogens is 422 g/mol. The van der Waals surface area contributed by atoms with Gasteiger partial charge in [-0.2, -0.15) is 0 Å². The zero-order chi connectivity index (χ0) is 22.8. The van der Waals surface area contributed by atoms with Gasteiger partial charge < -0.3 is 10.1 Å². The molecule has 0 saturated heterocycles. The number of rotatable bonds is 5. The van der Waals surface area contributed by atoms with Crippen LogP contribution in [0.1, 0.15) is 34.5 Å². The minimum atomic E-state index is -3.45. The van der Waals surface area contributed by atoms with E-state index in [4.69, 9.17) is 4.74 Å². The van der Waals surface area contributed by atoms with E-state index < -0.39 is 34.0 Å². The number of imide groups is 1. The van der Waals surface area contributed by atoms with Crippen molar-refractivity contribution in [2.75, 3.05) is 17.6 Å². The van der Waals surface area contributed by atoms with Crippen molar-refractivity contribution in [3.8, 4) is 0 Å². The molecule has 3 amide bonds. The van der Waals surface area contributed by atoms with Gasteiger partial charge in [0, 0.05) is 18.7 Å². The van der Waals surface area contributed by atoms with Crippen LogP contribution in [0.5, 0.6) is 0 Å². The Bertz CT molecular complexity index is 1120. The SMILES string of the molecule is CNC(=O)NC(=O)C(OC(=O)c1ccc2c(c1)CC(C)N2S(C)(=O)=O)c1ccccc1. The first-order valence-electron chi connectivity index (χ1n) is 9.52. The Morgan fingerprint density at radius 2 is 1.81 bits per heavy atom. The van der Waals surface area contributed by atoms with E-state index in [0.717, 1.165) is 6.26 Å². The van der Waals surface area contributed by atoms with Gasteiger partial charge in [-0.15, -0.1) is 0 Å². The summed E-state index contributed by atoms with van der Waals surface area (Å²) in [5, 5.41) is 4.39. The number of nitrogens with zero attached hydrogens (tertiary/aromatic N) is 1. The molecule has 1 aliphatic heterocycles. The van der Waals surface area contributed by atoms with Gasteiger partial charge in [-0.25, -0.2) is 18.0 Å². The molecule has 1 aliphatic rings. The topological polar surface area (TPSA) is 122 Å². The molecule has 0 aliphatic carbocycles. The van der Waals surface area contributed by atoms with Crippen molar-refractivity contribution in [2.24, 2.45) is 0 Å². The zero-order valence-corrected chi connectivity index (χ0v) is 18.1. The molecule has 31 heavy (non-hydrogen) atoms. The fourth-order valence-electron chi connectivity index (χ4n) is 3.55. The van der Waals surface area contributed by atoms with Gasteiger partial charge in [0.25, 0.3) is 5.91 Å². The summed E-state index contributed by atoms with van der Waals surface area (Å²) < 4.78 is 30.9. The van der Waals surface area contributed by atoms with Crippen molar-refractivity contribution < 1.29 is 27.5 Å². The van der Waals surface area contributed by atoms with E-state index in [9.17, 15) is 22.8 Å². The Labute approximate surface area is 180 Å². The number of carbonyl (C=O) groups is 3. The van der Waals surface area contributed by atoms with Crippen LogP contribution in [0.4, 0.5) is 10.5 Å². The molecule has 0 spiro atoms. The molecule has 3 rings (SSSR count). The standard InChI is InChI=1S/C21H23N3O6S/c1-13-11-16-12-15(9-10-17(16)24(13)31(3,28)29)20(26)30-18(14-7-5-4-6-8-14)19(25)23-21(27)22-2/h4-10,12-13,18H,11H2,1-3H3,(H2,22,23,25,27). The predicted octanol–water partition coefficient (Wildman–Crippen LogP) is 1.75. The maximum Gasteiger partial charge on any atom is 0.339 e. The molecule has 9 nitrogen and oxygen atoms in total. The van der Waals surface area contributed by atoms with E-state index in [-0.39, 0.29) is 11.6 Å². The monoisotopic (exact) mass is 445 g/mol. The fraction of sp³-hybridized carbons (Fsp3) is 0.286. The van der Waals surface area contributed by atoms with Gasteiger partial charge in [0.05, 0.1) is 17.5 Å². The Kier molecular flexibility index (Phi) is 6.30. The molecule has 2 N–H and O–H groups in total. The molecule has 10 heteroatoms. The molecule has 1 heterocycles. The second kappa shape index (κ2) is 8.76. The van der Waals surface area contributed by atoms with E-state index in [1.54, 1.807) is 49.4 Å². The van der Waals surface area contributed by atoms with Crippen LogP contribution in [-0.4, -0.2) is 45.7 Å². The summed E-state index contributed by atoms with van der Waals surface area (Å²) in [6, 6.07) is 11.9. The summed E-state index contributed by atoms with van der Waals surface area (Å²) in [7, 11) is -2.09. The molecular formula is C21H23N3O6S. The largest absolute Gasteiger partial charge is 0.444 e. The highest BCUT2D eigenvalue weighted by Gasteiger charge is 2.33. The number of benzene rings is 2. The van der Waals surface area contributed by atoms with E-state index in [1.807, 2.05) is 0 Å². The van der Waals surface area contributed by atoms with Gasteiger partial charge in [-0.3, -0.25) is 14.4 Å². The van der Waals surface area contributed by atoms with Crippen LogP contribution in [0.15, 0.2) is 48.5 Å². The number of fused-ring (bicyclic) bond motifs is 1. The van der Waals surface area contributed by atoms with Crippen LogP contribution >= 0.6 is 0 Å². The van der Waals surface area contributed by atoms with E-state index in [2.05, 4.69) is 10.6 Å². The van der Waals surface area contributed by atoms with Crippen molar-refractivity contribution in [1.29, 1.82) is 0 Å². The summed E-state index contributed by atoms with van der Waals surface area (Å²) in [5.41, 5.74) is 1.78. The first-order chi connectivity index (χ1) is 14.6. The van der Waals surface area contributed by atoms with Gasteiger partial charge >= 0.3 is 12.0 Å². The lowest BCUT2D eigenvalue weighted by Gasteiger charge is -2.22. The Hall–Kier alpha value is -3.40. The smallest absolute Gasteiger partial charge is 0.339 e. The molecule has 2 aromatic rings. The lowest BCUT2D eigenvalue weighted by molar-refractivity contribution is -0.129. The molecule has 0 saturated carbocycles. The van der Waals surface area contributed by atoms with E-state index in [1.165, 1.54) is 17.4 Å². The third kappa shape index (κ3) is 4.85. The summed E-state index contributed by atoms with van der Waals surface area (Å²) in [5.74, 6) is -1.56. The maximum absolute atomic E-state index is 12.8. The minimum Gasteiger partial charge on any atom is -0.444 e. The third-order valence-corrected chi connectivity index (χ3v) is 6.13. The number of hydrogen-bond donors (Lipinski definition) is 2. The average molecular weight is 445 g/mol. The van der Waals surface area contributed by atoms with Crippen molar-refractivity contribution in [1.82, 2.24) is 10.6 Å². The summed E-state index contributed by atoms with van der Waals surface area (Å²) in [6.45, 7) is 1.79. The average Bonchev–Trinajstić information content (AvgIpc) is 3.07. The normalized spacial score (nSPS) is 16.2. The first-order valence-corrected chi connectivity index (χ1v) is 11.4. The van der Waals surface area contributed by atoms with Gasteiger partial charge in [0.1, 0.15) is 0 Å². The van der Waals surface area contributed by atoms with Crippen LogP contribution in [0, 0.1) is 0 Å². The minimum absolute atomic E-state index is 0.176. The highest BCUT2D eigenvalue weighted by Crippen LogP contribution is 2.35. The summed E-state index contributed by atoms with van der Waals surface area (Å²) >= 11 is 0. The number of sulfonamides is 1. The second-order valence-electron chi connectivity index (χ2n) is 7.22. The molecule has 2 unspecified atom stereocenters. The molecule has 0 bridgehead atoms. The lowest BCUT2D eigenvalue weighted by atomic mass is 10.1. The number of hydrogen-bond acceptors (Lipinski definition) is 6.